The highest BCUT2D eigenvalue weighted by Gasteiger charge is 2.21. The molecule has 7 nitrogen and oxygen atoms in total. The molecular formula is C25H25N5O2. The molecule has 0 amide bonds. The van der Waals surface area contributed by atoms with Crippen molar-refractivity contribution < 1.29 is 9.47 Å². The van der Waals surface area contributed by atoms with Gasteiger partial charge in [0.15, 0.2) is 0 Å². The lowest BCUT2D eigenvalue weighted by atomic mass is 9.99. The minimum Gasteiger partial charge on any atom is -0.494 e. The van der Waals surface area contributed by atoms with E-state index in [1.165, 1.54) is 17.5 Å². The van der Waals surface area contributed by atoms with Gasteiger partial charge < -0.3 is 14.4 Å². The van der Waals surface area contributed by atoms with Gasteiger partial charge in [-0.1, -0.05) is 18.2 Å². The second-order valence-corrected chi connectivity index (χ2v) is 8.31. The van der Waals surface area contributed by atoms with E-state index in [0.29, 0.717) is 0 Å². The fraction of sp³-hybridized carbons (Fsp3) is 0.320. The van der Waals surface area contributed by atoms with Crippen LogP contribution in [0.5, 0.6) is 5.75 Å². The number of rotatable bonds is 4. The summed E-state index contributed by atoms with van der Waals surface area (Å²) in [5.41, 5.74) is 8.27. The van der Waals surface area contributed by atoms with Gasteiger partial charge in [0, 0.05) is 36.5 Å². The van der Waals surface area contributed by atoms with Crippen molar-refractivity contribution in [1.29, 1.82) is 0 Å². The predicted octanol–water partition coefficient (Wildman–Crippen LogP) is 4.02. The molecule has 32 heavy (non-hydrogen) atoms. The van der Waals surface area contributed by atoms with Gasteiger partial charge in [-0.25, -0.2) is 9.97 Å². The van der Waals surface area contributed by atoms with Crippen LogP contribution in [0.15, 0.2) is 42.6 Å². The molecule has 4 heterocycles. The van der Waals surface area contributed by atoms with Crippen LogP contribution in [0.2, 0.25) is 0 Å². The Morgan fingerprint density at radius 1 is 1.06 bits per heavy atom. The largest absolute Gasteiger partial charge is 0.494 e. The molecular weight excluding hydrogens is 402 g/mol. The second-order valence-electron chi connectivity index (χ2n) is 8.31. The summed E-state index contributed by atoms with van der Waals surface area (Å²) in [6.07, 6.45) is 5.28. The van der Waals surface area contributed by atoms with E-state index in [1.54, 1.807) is 7.11 Å². The number of pyridine rings is 2. The van der Waals surface area contributed by atoms with E-state index in [2.05, 4.69) is 45.4 Å². The molecule has 1 fully saturated rings. The summed E-state index contributed by atoms with van der Waals surface area (Å²) in [6.45, 7) is 3.21. The van der Waals surface area contributed by atoms with E-state index < -0.39 is 0 Å². The topological polar surface area (TPSA) is 76.2 Å². The SMILES string of the molecule is COc1cc2[nH]nc(-c3ccc(N4CCOCC4)nc3)c2nc1-c1cccc2c1CCC2. The van der Waals surface area contributed by atoms with Crippen LogP contribution in [0.1, 0.15) is 17.5 Å². The number of nitrogens with zero attached hydrogens (tertiary/aromatic N) is 4. The molecule has 162 valence electrons. The number of hydrogen-bond donors (Lipinski definition) is 1. The van der Waals surface area contributed by atoms with Crippen molar-refractivity contribution in [3.63, 3.8) is 0 Å². The van der Waals surface area contributed by atoms with Gasteiger partial charge in [-0.3, -0.25) is 5.10 Å². The van der Waals surface area contributed by atoms with Gasteiger partial charge in [-0.15, -0.1) is 0 Å². The maximum atomic E-state index is 5.73. The molecule has 4 aromatic rings. The maximum Gasteiger partial charge on any atom is 0.147 e. The quantitative estimate of drug-likeness (QED) is 0.530. The lowest BCUT2D eigenvalue weighted by molar-refractivity contribution is 0.122. The number of hydrogen-bond acceptors (Lipinski definition) is 6. The van der Waals surface area contributed by atoms with Crippen LogP contribution in [-0.2, 0) is 17.6 Å². The molecule has 1 aliphatic heterocycles. The van der Waals surface area contributed by atoms with Gasteiger partial charge in [0.1, 0.15) is 28.5 Å². The van der Waals surface area contributed by atoms with Gasteiger partial charge in [0.2, 0.25) is 0 Å². The van der Waals surface area contributed by atoms with Crippen molar-refractivity contribution in [2.75, 3.05) is 38.3 Å². The zero-order chi connectivity index (χ0) is 21.5. The van der Waals surface area contributed by atoms with Crippen LogP contribution < -0.4 is 9.64 Å². The molecule has 0 atom stereocenters. The van der Waals surface area contributed by atoms with Crippen LogP contribution in [-0.4, -0.2) is 53.6 Å². The molecule has 1 N–H and O–H groups in total. The molecule has 1 aromatic carbocycles. The van der Waals surface area contributed by atoms with E-state index in [4.69, 9.17) is 19.4 Å². The van der Waals surface area contributed by atoms with Crippen LogP contribution >= 0.6 is 0 Å². The summed E-state index contributed by atoms with van der Waals surface area (Å²) < 4.78 is 11.2. The molecule has 3 aromatic heterocycles. The Balaban J connectivity index is 1.43. The molecule has 0 bridgehead atoms. The number of nitrogens with one attached hydrogen (secondary N) is 1. The van der Waals surface area contributed by atoms with Crippen molar-refractivity contribution in [1.82, 2.24) is 20.2 Å². The minimum absolute atomic E-state index is 0.741. The average molecular weight is 428 g/mol. The Labute approximate surface area is 186 Å². The Kier molecular flexibility index (Phi) is 4.76. The average Bonchev–Trinajstić information content (AvgIpc) is 3.50. The molecule has 1 aliphatic carbocycles. The molecule has 7 heteroatoms. The zero-order valence-electron chi connectivity index (χ0n) is 18.1. The zero-order valence-corrected chi connectivity index (χ0v) is 18.1. The van der Waals surface area contributed by atoms with E-state index >= 15 is 0 Å². The molecule has 2 aliphatic rings. The highest BCUT2D eigenvalue weighted by atomic mass is 16.5. The number of H-pyrrole nitrogens is 1. The fourth-order valence-electron chi connectivity index (χ4n) is 4.83. The number of benzene rings is 1. The first kappa shape index (κ1) is 19.3. The first-order valence-electron chi connectivity index (χ1n) is 11.1. The van der Waals surface area contributed by atoms with Gasteiger partial charge in [0.25, 0.3) is 0 Å². The first-order chi connectivity index (χ1) is 15.8. The highest BCUT2D eigenvalue weighted by Crippen LogP contribution is 2.38. The van der Waals surface area contributed by atoms with Crippen molar-refractivity contribution >= 4 is 16.9 Å². The van der Waals surface area contributed by atoms with Gasteiger partial charge >= 0.3 is 0 Å². The third-order valence-electron chi connectivity index (χ3n) is 6.48. The smallest absolute Gasteiger partial charge is 0.147 e. The van der Waals surface area contributed by atoms with Gasteiger partial charge in [-0.2, -0.15) is 5.10 Å². The van der Waals surface area contributed by atoms with Crippen LogP contribution in [0.25, 0.3) is 33.5 Å². The molecule has 6 rings (SSSR count). The lowest BCUT2D eigenvalue weighted by Crippen LogP contribution is -2.36. The van der Waals surface area contributed by atoms with Crippen LogP contribution in [0, 0.1) is 0 Å². The van der Waals surface area contributed by atoms with Crippen molar-refractivity contribution in [2.24, 2.45) is 0 Å². The third kappa shape index (κ3) is 3.20. The number of anilines is 1. The number of fused-ring (bicyclic) bond motifs is 2. The predicted molar refractivity (Wildman–Crippen MR) is 124 cm³/mol. The second kappa shape index (κ2) is 7.91. The number of aromatic nitrogens is 4. The lowest BCUT2D eigenvalue weighted by Gasteiger charge is -2.27. The van der Waals surface area contributed by atoms with Crippen LogP contribution in [0.4, 0.5) is 5.82 Å². The normalized spacial score (nSPS) is 15.8. The van der Waals surface area contributed by atoms with Gasteiger partial charge in [0.05, 0.1) is 25.8 Å². The summed E-state index contributed by atoms with van der Waals surface area (Å²) in [6, 6.07) is 12.6. The fourth-order valence-corrected chi connectivity index (χ4v) is 4.83. The Morgan fingerprint density at radius 3 is 2.78 bits per heavy atom. The van der Waals surface area contributed by atoms with E-state index in [0.717, 1.165) is 84.3 Å². The molecule has 0 radical (unpaired) electrons. The minimum atomic E-state index is 0.741. The van der Waals surface area contributed by atoms with Crippen LogP contribution in [0.3, 0.4) is 0 Å². The summed E-state index contributed by atoms with van der Waals surface area (Å²) in [5.74, 6) is 1.72. The first-order valence-corrected chi connectivity index (χ1v) is 11.1. The Hall–Kier alpha value is -3.45. The number of aromatic amines is 1. The summed E-state index contributed by atoms with van der Waals surface area (Å²) in [7, 11) is 1.70. The summed E-state index contributed by atoms with van der Waals surface area (Å²) >= 11 is 0. The molecule has 0 saturated carbocycles. The van der Waals surface area contributed by atoms with Crippen molar-refractivity contribution in [3.8, 4) is 28.3 Å². The number of morpholine rings is 1. The standard InChI is InChI=1S/C25H25N5O2/c1-31-21-14-20-25(27-24(21)19-7-3-5-16-4-2-6-18(16)19)23(29-28-20)17-8-9-22(26-15-17)30-10-12-32-13-11-30/h3,5,7-9,14-15H,2,4,6,10-13H2,1H3,(H,28,29). The molecule has 1 saturated heterocycles. The Bertz CT molecular complexity index is 1280. The number of aryl methyl sites for hydroxylation is 1. The van der Waals surface area contributed by atoms with E-state index in [9.17, 15) is 0 Å². The maximum absolute atomic E-state index is 5.73. The monoisotopic (exact) mass is 427 g/mol. The van der Waals surface area contributed by atoms with Crippen molar-refractivity contribution in [3.05, 3.63) is 53.7 Å². The Morgan fingerprint density at radius 2 is 1.97 bits per heavy atom. The van der Waals surface area contributed by atoms with E-state index in [1.807, 2.05) is 12.3 Å². The number of ether oxygens (including phenoxy) is 2. The number of methoxy groups -OCH3 is 1. The van der Waals surface area contributed by atoms with Gasteiger partial charge in [-0.05, 0) is 42.5 Å². The summed E-state index contributed by atoms with van der Waals surface area (Å²) in [4.78, 5) is 12.0. The molecule has 0 unspecified atom stereocenters. The van der Waals surface area contributed by atoms with E-state index in [-0.39, 0.29) is 0 Å². The summed E-state index contributed by atoms with van der Waals surface area (Å²) in [5, 5.41) is 7.70. The third-order valence-corrected chi connectivity index (χ3v) is 6.48. The molecule has 0 spiro atoms. The van der Waals surface area contributed by atoms with Crippen molar-refractivity contribution in [2.45, 2.75) is 19.3 Å². The highest BCUT2D eigenvalue weighted by molar-refractivity contribution is 5.93.